The molecule has 1 aliphatic carbocycles. The molecule has 1 saturated heterocycles. The highest BCUT2D eigenvalue weighted by Crippen LogP contribution is 2.30. The van der Waals surface area contributed by atoms with Crippen LogP contribution in [0.2, 0.25) is 0 Å². The monoisotopic (exact) mass is 271 g/mol. The molecule has 0 spiro atoms. The van der Waals surface area contributed by atoms with Crippen molar-refractivity contribution in [2.24, 2.45) is 5.92 Å². The summed E-state index contributed by atoms with van der Waals surface area (Å²) in [7, 11) is 0. The smallest absolute Gasteiger partial charge is 0.0353 e. The molecule has 2 rings (SSSR count). The molecule has 106 valence electrons. The molecule has 2 fully saturated rings. The summed E-state index contributed by atoms with van der Waals surface area (Å²) in [6, 6.07) is 1.60. The number of likely N-dealkylation sites (tertiary alicyclic amines) is 1. The van der Waals surface area contributed by atoms with Gasteiger partial charge in [0.25, 0.3) is 0 Å². The largest absolute Gasteiger partial charge is 0.311 e. The fourth-order valence-electron chi connectivity index (χ4n) is 2.98. The molecular weight excluding hydrogens is 242 g/mol. The summed E-state index contributed by atoms with van der Waals surface area (Å²) >= 11 is 1.73. The van der Waals surface area contributed by atoms with E-state index in [0.717, 1.165) is 24.5 Å². The summed E-state index contributed by atoms with van der Waals surface area (Å²) in [5, 5.41) is 3.80. The summed E-state index contributed by atoms with van der Waals surface area (Å²) < 4.78 is 3.49. The Morgan fingerprint density at radius 1 is 1.28 bits per heavy atom. The Hall–Kier alpha value is 0.230. The van der Waals surface area contributed by atoms with Crippen LogP contribution in [0.4, 0.5) is 0 Å². The van der Waals surface area contributed by atoms with E-state index in [1.54, 1.807) is 11.9 Å². The van der Waals surface area contributed by atoms with E-state index >= 15 is 0 Å². The lowest BCUT2D eigenvalue weighted by Crippen LogP contribution is -2.51. The topological polar surface area (TPSA) is 27.3 Å². The van der Waals surface area contributed by atoms with Crippen LogP contribution in [0.25, 0.3) is 0 Å². The van der Waals surface area contributed by atoms with Gasteiger partial charge in [0.2, 0.25) is 0 Å². The lowest BCUT2D eigenvalue weighted by atomic mass is 10.0. The van der Waals surface area contributed by atoms with Gasteiger partial charge < -0.3 is 10.2 Å². The first-order valence-corrected chi connectivity index (χ1v) is 8.51. The molecular formula is C14H29N3S. The molecule has 1 saturated carbocycles. The first-order chi connectivity index (χ1) is 8.50. The van der Waals surface area contributed by atoms with Crippen LogP contribution < -0.4 is 10.0 Å². The molecule has 0 amide bonds. The molecule has 0 radical (unpaired) electrons. The Kier molecular flexibility index (Phi) is 4.98. The Morgan fingerprint density at radius 2 is 1.89 bits per heavy atom. The number of piperidine rings is 1. The molecule has 18 heavy (non-hydrogen) atoms. The van der Waals surface area contributed by atoms with Gasteiger partial charge in [-0.05, 0) is 58.4 Å². The summed E-state index contributed by atoms with van der Waals surface area (Å²) in [6.45, 7) is 10.6. The van der Waals surface area contributed by atoms with Crippen molar-refractivity contribution in [3.63, 3.8) is 0 Å². The molecule has 0 unspecified atom stereocenters. The number of nitrogens with one attached hydrogen (secondary N) is 2. The molecule has 4 heteroatoms. The minimum atomic E-state index is 0.213. The molecule has 0 aromatic carbocycles. The normalized spacial score (nSPS) is 30.7. The van der Waals surface area contributed by atoms with E-state index in [1.165, 1.54) is 32.4 Å². The predicted molar refractivity (Wildman–Crippen MR) is 80.9 cm³/mol. The maximum absolute atomic E-state index is 3.80. The van der Waals surface area contributed by atoms with E-state index in [4.69, 9.17) is 0 Å². The van der Waals surface area contributed by atoms with Crippen molar-refractivity contribution in [3.8, 4) is 0 Å². The van der Waals surface area contributed by atoms with Gasteiger partial charge in [-0.15, -0.1) is 0 Å². The molecule has 0 aromatic rings. The second-order valence-corrected chi connectivity index (χ2v) is 7.34. The van der Waals surface area contributed by atoms with Crippen LogP contribution in [0.15, 0.2) is 0 Å². The van der Waals surface area contributed by atoms with Gasteiger partial charge in [-0.3, -0.25) is 4.72 Å². The van der Waals surface area contributed by atoms with Crippen molar-refractivity contribution in [3.05, 3.63) is 0 Å². The lowest BCUT2D eigenvalue weighted by Gasteiger charge is -2.37. The van der Waals surface area contributed by atoms with Gasteiger partial charge in [0, 0.05) is 24.2 Å². The van der Waals surface area contributed by atoms with Crippen LogP contribution >= 0.6 is 11.9 Å². The van der Waals surface area contributed by atoms with Crippen molar-refractivity contribution < 1.29 is 0 Å². The van der Waals surface area contributed by atoms with Gasteiger partial charge in [-0.25, -0.2) is 0 Å². The van der Waals surface area contributed by atoms with E-state index in [2.05, 4.69) is 42.0 Å². The Bertz CT molecular complexity index is 262. The summed E-state index contributed by atoms with van der Waals surface area (Å²) in [4.78, 5) is 2.61. The van der Waals surface area contributed by atoms with Crippen molar-refractivity contribution >= 4 is 11.9 Å². The number of nitrogens with zero attached hydrogens (tertiary/aromatic N) is 1. The molecule has 2 N–H and O–H groups in total. The maximum Gasteiger partial charge on any atom is 0.0353 e. The van der Waals surface area contributed by atoms with E-state index < -0.39 is 0 Å². The standard InChI is InChI=1S/C14H29N3S/c1-11-9-13(11)15-12-5-7-17(8-6-12)10-14(2,3)16-18-4/h11-13,15-16H,5-10H2,1-4H3/t11-,13-/m1/s1. The van der Waals surface area contributed by atoms with Gasteiger partial charge in [-0.2, -0.15) is 0 Å². The quantitative estimate of drug-likeness (QED) is 0.724. The first-order valence-electron chi connectivity index (χ1n) is 7.29. The van der Waals surface area contributed by atoms with Crippen LogP contribution in [0, 0.1) is 5.92 Å². The zero-order valence-electron chi connectivity index (χ0n) is 12.3. The minimum Gasteiger partial charge on any atom is -0.311 e. The third kappa shape index (κ3) is 4.41. The fourth-order valence-corrected chi connectivity index (χ4v) is 3.60. The van der Waals surface area contributed by atoms with Crippen molar-refractivity contribution in [2.75, 3.05) is 25.9 Å². The van der Waals surface area contributed by atoms with E-state index in [1.807, 2.05) is 0 Å². The third-order valence-electron chi connectivity index (χ3n) is 4.14. The Morgan fingerprint density at radius 3 is 2.39 bits per heavy atom. The number of rotatable bonds is 6. The zero-order chi connectivity index (χ0) is 13.2. The SMILES string of the molecule is CSNC(C)(C)CN1CCC(N[C@@H]2C[C@H]2C)CC1. The Labute approximate surface area is 117 Å². The van der Waals surface area contributed by atoms with Gasteiger partial charge in [0.1, 0.15) is 0 Å². The highest BCUT2D eigenvalue weighted by molar-refractivity contribution is 7.96. The van der Waals surface area contributed by atoms with E-state index in [0.29, 0.717) is 0 Å². The highest BCUT2D eigenvalue weighted by atomic mass is 32.2. The van der Waals surface area contributed by atoms with Crippen LogP contribution in [-0.2, 0) is 0 Å². The third-order valence-corrected chi connectivity index (χ3v) is 4.90. The first kappa shape index (κ1) is 14.6. The lowest BCUT2D eigenvalue weighted by molar-refractivity contribution is 0.163. The summed E-state index contributed by atoms with van der Waals surface area (Å²) in [5.41, 5.74) is 0.213. The van der Waals surface area contributed by atoms with Gasteiger partial charge in [0.15, 0.2) is 0 Å². The second-order valence-electron chi connectivity index (χ2n) is 6.73. The summed E-state index contributed by atoms with van der Waals surface area (Å²) in [5.74, 6) is 0.924. The van der Waals surface area contributed by atoms with Gasteiger partial charge in [0.05, 0.1) is 0 Å². The molecule has 0 aromatic heterocycles. The molecule has 2 aliphatic rings. The van der Waals surface area contributed by atoms with Gasteiger partial charge >= 0.3 is 0 Å². The average Bonchev–Trinajstić information content (AvgIpc) is 2.96. The molecule has 0 bridgehead atoms. The number of hydrogen-bond acceptors (Lipinski definition) is 4. The maximum atomic E-state index is 3.80. The van der Waals surface area contributed by atoms with Crippen LogP contribution in [0.5, 0.6) is 0 Å². The Balaban J connectivity index is 1.66. The highest BCUT2D eigenvalue weighted by Gasteiger charge is 2.35. The van der Waals surface area contributed by atoms with Crippen molar-refractivity contribution in [1.29, 1.82) is 0 Å². The second kappa shape index (κ2) is 6.12. The van der Waals surface area contributed by atoms with Crippen molar-refractivity contribution in [2.45, 2.75) is 57.7 Å². The molecule has 2 atom stereocenters. The van der Waals surface area contributed by atoms with Crippen LogP contribution in [-0.4, -0.2) is 48.4 Å². The number of hydrogen-bond donors (Lipinski definition) is 2. The van der Waals surface area contributed by atoms with Crippen LogP contribution in [0.3, 0.4) is 0 Å². The van der Waals surface area contributed by atoms with Crippen LogP contribution in [0.1, 0.15) is 40.0 Å². The molecule has 3 nitrogen and oxygen atoms in total. The zero-order valence-corrected chi connectivity index (χ0v) is 13.1. The fraction of sp³-hybridized carbons (Fsp3) is 1.00. The van der Waals surface area contributed by atoms with E-state index in [9.17, 15) is 0 Å². The van der Waals surface area contributed by atoms with Crippen molar-refractivity contribution in [1.82, 2.24) is 14.9 Å². The average molecular weight is 271 g/mol. The minimum absolute atomic E-state index is 0.213. The molecule has 1 aliphatic heterocycles. The van der Waals surface area contributed by atoms with E-state index in [-0.39, 0.29) is 5.54 Å². The molecule has 1 heterocycles. The summed E-state index contributed by atoms with van der Waals surface area (Å²) in [6.07, 6.45) is 6.14. The predicted octanol–water partition coefficient (Wildman–Crippen LogP) is 2.09. The van der Waals surface area contributed by atoms with Gasteiger partial charge in [-0.1, -0.05) is 18.9 Å².